The van der Waals surface area contributed by atoms with Crippen molar-refractivity contribution >= 4 is 15.9 Å². The topological polar surface area (TPSA) is 22.4 Å². The fraction of sp³-hybridized carbons (Fsp3) is 0.733. The van der Waals surface area contributed by atoms with E-state index in [4.69, 9.17) is 9.15 Å². The van der Waals surface area contributed by atoms with Crippen molar-refractivity contribution in [2.24, 2.45) is 11.3 Å². The Labute approximate surface area is 117 Å². The monoisotopic (exact) mass is 312 g/mol. The van der Waals surface area contributed by atoms with Gasteiger partial charge in [0.2, 0.25) is 0 Å². The molecule has 18 heavy (non-hydrogen) atoms. The third-order valence-electron chi connectivity index (χ3n) is 5.11. The normalized spacial score (nSPS) is 42.8. The van der Waals surface area contributed by atoms with Crippen LogP contribution in [-0.2, 0) is 4.74 Å². The van der Waals surface area contributed by atoms with Crippen LogP contribution in [0.3, 0.4) is 0 Å². The molecule has 4 atom stereocenters. The third kappa shape index (κ3) is 1.78. The number of ether oxygens (including phenoxy) is 1. The van der Waals surface area contributed by atoms with Crippen LogP contribution in [0.4, 0.5) is 0 Å². The molecule has 2 aliphatic rings. The lowest BCUT2D eigenvalue weighted by Gasteiger charge is -2.48. The Kier molecular flexibility index (Phi) is 2.91. The lowest BCUT2D eigenvalue weighted by Crippen LogP contribution is -2.49. The van der Waals surface area contributed by atoms with Crippen molar-refractivity contribution in [2.75, 3.05) is 0 Å². The summed E-state index contributed by atoms with van der Waals surface area (Å²) in [5.41, 5.74) is 1.49. The van der Waals surface area contributed by atoms with E-state index in [1.807, 2.05) is 12.3 Å². The molecule has 0 aromatic carbocycles. The molecule has 0 bridgehead atoms. The number of hydrogen-bond donors (Lipinski definition) is 0. The summed E-state index contributed by atoms with van der Waals surface area (Å²) >= 11 is 3.87. The summed E-state index contributed by atoms with van der Waals surface area (Å²) in [5.74, 6) is 0.600. The molecule has 1 aromatic heterocycles. The summed E-state index contributed by atoms with van der Waals surface area (Å²) in [7, 11) is 0. The third-order valence-corrected chi connectivity index (χ3v) is 6.75. The fourth-order valence-electron chi connectivity index (χ4n) is 3.91. The van der Waals surface area contributed by atoms with Gasteiger partial charge in [-0.3, -0.25) is 0 Å². The number of halogens is 1. The summed E-state index contributed by atoms with van der Waals surface area (Å²) in [5, 5.41) is 0. The molecule has 1 aliphatic heterocycles. The number of rotatable bonds is 1. The van der Waals surface area contributed by atoms with E-state index in [9.17, 15) is 0 Å². The molecule has 0 radical (unpaired) electrons. The molecule has 2 nitrogen and oxygen atoms in total. The first kappa shape index (κ1) is 12.7. The van der Waals surface area contributed by atoms with Crippen molar-refractivity contribution in [3.05, 3.63) is 24.2 Å². The van der Waals surface area contributed by atoms with Gasteiger partial charge in [0.05, 0.1) is 24.2 Å². The van der Waals surface area contributed by atoms with Crippen molar-refractivity contribution < 1.29 is 9.15 Å². The Morgan fingerprint density at radius 1 is 1.33 bits per heavy atom. The lowest BCUT2D eigenvalue weighted by atomic mass is 9.61. The van der Waals surface area contributed by atoms with Crippen molar-refractivity contribution in [1.82, 2.24) is 0 Å². The molecule has 0 spiro atoms. The molecule has 1 saturated carbocycles. The average Bonchev–Trinajstić information content (AvgIpc) is 2.91. The van der Waals surface area contributed by atoms with Crippen LogP contribution in [-0.4, -0.2) is 10.4 Å². The Bertz CT molecular complexity index is 426. The summed E-state index contributed by atoms with van der Waals surface area (Å²) in [6.45, 7) is 7.03. The minimum Gasteiger partial charge on any atom is -0.472 e. The summed E-state index contributed by atoms with van der Waals surface area (Å²) < 4.78 is 11.6. The lowest BCUT2D eigenvalue weighted by molar-refractivity contribution is -0.0901. The van der Waals surface area contributed by atoms with Crippen molar-refractivity contribution in [2.45, 2.75) is 56.6 Å². The summed E-state index contributed by atoms with van der Waals surface area (Å²) in [6.07, 6.45) is 7.20. The first-order chi connectivity index (χ1) is 8.43. The van der Waals surface area contributed by atoms with Gasteiger partial charge in [-0.05, 0) is 43.6 Å². The van der Waals surface area contributed by atoms with Crippen LogP contribution < -0.4 is 0 Å². The highest BCUT2D eigenvalue weighted by Gasteiger charge is 2.56. The van der Waals surface area contributed by atoms with Crippen LogP contribution in [0.15, 0.2) is 23.0 Å². The van der Waals surface area contributed by atoms with E-state index in [1.54, 1.807) is 6.26 Å². The van der Waals surface area contributed by atoms with E-state index in [0.717, 1.165) is 12.8 Å². The molecule has 1 saturated heterocycles. The predicted octanol–water partition coefficient (Wildman–Crippen LogP) is 4.70. The van der Waals surface area contributed by atoms with Gasteiger partial charge in [0, 0.05) is 10.4 Å². The zero-order chi connectivity index (χ0) is 13.0. The number of hydrogen-bond acceptors (Lipinski definition) is 2. The second-order valence-electron chi connectivity index (χ2n) is 6.59. The highest BCUT2D eigenvalue weighted by molar-refractivity contribution is 9.09. The smallest absolute Gasteiger partial charge is 0.0960 e. The number of fused-ring (bicyclic) bond motifs is 1. The highest BCUT2D eigenvalue weighted by Crippen LogP contribution is 2.59. The van der Waals surface area contributed by atoms with Gasteiger partial charge in [0.15, 0.2) is 0 Å². The standard InChI is InChI=1S/C15H21BrO2/c1-14(2)12-8-11(10-5-7-17-9-10)18-15(12,3)6-4-13(14)16/h5,7,9,11-13H,4,6,8H2,1-3H3/t11-,12-,13-,15-/m0/s1. The SMILES string of the molecule is CC1(C)[C@@H](Br)CC[C@]2(C)O[C@H](c3ccoc3)C[C@@H]12. The van der Waals surface area contributed by atoms with E-state index >= 15 is 0 Å². The average molecular weight is 313 g/mol. The minimum absolute atomic E-state index is 0.0235. The van der Waals surface area contributed by atoms with E-state index in [1.165, 1.54) is 12.0 Å². The van der Waals surface area contributed by atoms with Gasteiger partial charge in [-0.15, -0.1) is 0 Å². The van der Waals surface area contributed by atoms with E-state index in [0.29, 0.717) is 10.7 Å². The van der Waals surface area contributed by atoms with E-state index in [2.05, 4.69) is 36.7 Å². The quantitative estimate of drug-likeness (QED) is 0.701. The van der Waals surface area contributed by atoms with Gasteiger partial charge < -0.3 is 9.15 Å². The zero-order valence-electron chi connectivity index (χ0n) is 11.3. The molecule has 0 N–H and O–H groups in total. The molecule has 2 fully saturated rings. The van der Waals surface area contributed by atoms with Crippen LogP contribution in [0.25, 0.3) is 0 Å². The Morgan fingerprint density at radius 3 is 2.78 bits per heavy atom. The summed E-state index contributed by atoms with van der Waals surface area (Å²) in [4.78, 5) is 0.592. The Hall–Kier alpha value is -0.280. The zero-order valence-corrected chi connectivity index (χ0v) is 12.9. The van der Waals surface area contributed by atoms with Gasteiger partial charge in [-0.1, -0.05) is 29.8 Å². The molecule has 3 rings (SSSR count). The molecule has 0 amide bonds. The molecule has 100 valence electrons. The van der Waals surface area contributed by atoms with Crippen molar-refractivity contribution in [1.29, 1.82) is 0 Å². The van der Waals surface area contributed by atoms with Crippen molar-refractivity contribution in [3.63, 3.8) is 0 Å². The van der Waals surface area contributed by atoms with Gasteiger partial charge in [0.1, 0.15) is 0 Å². The van der Waals surface area contributed by atoms with Crippen molar-refractivity contribution in [3.8, 4) is 0 Å². The number of furan rings is 1. The number of alkyl halides is 1. The molecule has 1 aliphatic carbocycles. The van der Waals surface area contributed by atoms with E-state index in [-0.39, 0.29) is 17.1 Å². The second-order valence-corrected chi connectivity index (χ2v) is 7.70. The fourth-order valence-corrected chi connectivity index (χ4v) is 4.46. The molecule has 3 heteroatoms. The first-order valence-electron chi connectivity index (χ1n) is 6.77. The van der Waals surface area contributed by atoms with Crippen LogP contribution in [0.5, 0.6) is 0 Å². The molecular formula is C15H21BrO2. The Morgan fingerprint density at radius 2 is 2.11 bits per heavy atom. The van der Waals surface area contributed by atoms with Gasteiger partial charge in [0.25, 0.3) is 0 Å². The van der Waals surface area contributed by atoms with Crippen LogP contribution in [0.2, 0.25) is 0 Å². The maximum atomic E-state index is 6.40. The highest BCUT2D eigenvalue weighted by atomic mass is 79.9. The van der Waals surface area contributed by atoms with Gasteiger partial charge >= 0.3 is 0 Å². The maximum Gasteiger partial charge on any atom is 0.0960 e. The molecule has 2 heterocycles. The van der Waals surface area contributed by atoms with Crippen LogP contribution in [0.1, 0.15) is 51.7 Å². The Balaban J connectivity index is 1.90. The predicted molar refractivity (Wildman–Crippen MR) is 74.8 cm³/mol. The van der Waals surface area contributed by atoms with E-state index < -0.39 is 0 Å². The molecule has 1 aromatic rings. The van der Waals surface area contributed by atoms with Crippen LogP contribution >= 0.6 is 15.9 Å². The van der Waals surface area contributed by atoms with Gasteiger partial charge in [-0.25, -0.2) is 0 Å². The molecular weight excluding hydrogens is 292 g/mol. The second kappa shape index (κ2) is 4.11. The maximum absolute atomic E-state index is 6.40. The first-order valence-corrected chi connectivity index (χ1v) is 7.69. The van der Waals surface area contributed by atoms with Gasteiger partial charge in [-0.2, -0.15) is 0 Å². The minimum atomic E-state index is 0.0235. The largest absolute Gasteiger partial charge is 0.472 e. The van der Waals surface area contributed by atoms with Crippen LogP contribution in [0, 0.1) is 11.3 Å². The molecule has 0 unspecified atom stereocenters. The summed E-state index contributed by atoms with van der Waals surface area (Å²) in [6, 6.07) is 2.03.